The van der Waals surface area contributed by atoms with Gasteiger partial charge in [0.2, 0.25) is 5.54 Å². The summed E-state index contributed by atoms with van der Waals surface area (Å²) in [5.41, 5.74) is 0.554. The van der Waals surface area contributed by atoms with Gasteiger partial charge in [-0.1, -0.05) is 63.8 Å². The first-order chi connectivity index (χ1) is 33.5. The summed E-state index contributed by atoms with van der Waals surface area (Å²) in [7, 11) is 30.6. The van der Waals surface area contributed by atoms with Gasteiger partial charge in [0, 0.05) is 122 Å². The molecule has 0 fully saturated rings. The van der Waals surface area contributed by atoms with Crippen LogP contribution in [0.2, 0.25) is 19.6 Å². The number of hydrogen-bond acceptors (Lipinski definition) is 7. The Bertz CT molecular complexity index is 2160. The third-order valence-corrected chi connectivity index (χ3v) is 11.8. The molecule has 0 aliphatic heterocycles. The molecule has 0 atom stereocenters. The van der Waals surface area contributed by atoms with Crippen LogP contribution in [0.1, 0.15) is 89.3 Å². The Balaban J connectivity index is -0.000000857. The lowest BCUT2D eigenvalue weighted by Crippen LogP contribution is -2.63. The van der Waals surface area contributed by atoms with Crippen molar-refractivity contribution in [2.45, 2.75) is 84.9 Å². The minimum Gasteiger partial charge on any atom is -0.339 e. The van der Waals surface area contributed by atoms with Crippen LogP contribution in [0.5, 0.6) is 0 Å². The fraction of sp³-hybridized carbons (Fsp3) is 0.452. The SMILES string of the molecule is CCN(CC)C(=O)c1cccc(C#N)c1.CCN(CC)C(=O)c1cccc(C(N)(C(F)(F)F)C(F)(F)F)c1.CCNCC.C[Si](C)(C)C(F)(F)F.N#Cc1cccc(C(=O)Cl)c1.[B][B]B([B])B(B([B])[B])B([B])[B]. The summed E-state index contributed by atoms with van der Waals surface area (Å²) < 4.78 is 113. The average molecular weight is 1040 g/mol. The van der Waals surface area contributed by atoms with Gasteiger partial charge in [0.1, 0.15) is 0 Å². The topological polar surface area (TPSA) is 143 Å². The minimum absolute atomic E-state index is 0.0166. The molecular formula is C42H54B11ClF9N6O3Si. The van der Waals surface area contributed by atoms with E-state index >= 15 is 0 Å². The van der Waals surface area contributed by atoms with Crippen LogP contribution in [0.4, 0.5) is 39.5 Å². The molecule has 3 N–H and O–H groups in total. The van der Waals surface area contributed by atoms with Crippen LogP contribution >= 0.6 is 11.6 Å². The average Bonchev–Trinajstić information content (AvgIpc) is 3.31. The van der Waals surface area contributed by atoms with Gasteiger partial charge in [-0.15, -0.1) is 0 Å². The van der Waals surface area contributed by atoms with Crippen molar-refractivity contribution in [2.75, 3.05) is 39.3 Å². The zero-order valence-corrected chi connectivity index (χ0v) is 44.1. The maximum atomic E-state index is 13.0. The standard InChI is InChI=1S/C14H16F6N2O.C12H14N2O.C8H4ClNO.C4H9F3Si.C4H11N.B11/c1-3-22(4-2)11(23)9-6-5-7-10(8-9)12(21,13(15,16)17)14(18,19)20;1-3-14(4-2)12(15)11-7-5-6-10(8-11)9-13;9-8(11)7-3-1-2-6(4-7)5-10;1-8(2,3)4(5,6)7;1-3-5-4-2;1-7-10(6)11(8(2)3)9(4)5/h5-8H,3-4,21H2,1-2H3;5-8H,3-4H2,1-2H3;1-4H;1-3H3;5H,3-4H2,1-2H3;. The molecular weight excluding hydrogens is 990 g/mol. The fourth-order valence-corrected chi connectivity index (χ4v) is 5.47. The molecule has 73 heavy (non-hydrogen) atoms. The second-order valence-electron chi connectivity index (χ2n) is 16.2. The van der Waals surface area contributed by atoms with E-state index in [2.05, 4.69) is 19.2 Å². The van der Waals surface area contributed by atoms with E-state index in [0.717, 1.165) is 25.2 Å². The summed E-state index contributed by atoms with van der Waals surface area (Å²) in [5.74, 6) is -4.60. The van der Waals surface area contributed by atoms with Gasteiger partial charge in [0.05, 0.1) is 23.3 Å². The molecule has 0 saturated heterocycles. The fourth-order valence-electron chi connectivity index (χ4n) is 5.35. The molecule has 0 saturated carbocycles. The molecule has 377 valence electrons. The molecule has 0 aromatic heterocycles. The molecule has 2 amide bonds. The van der Waals surface area contributed by atoms with Crippen LogP contribution in [0.25, 0.3) is 0 Å². The Morgan fingerprint density at radius 2 is 0.986 bits per heavy atom. The number of hydrogen-bond donors (Lipinski definition) is 2. The number of alkyl halides is 9. The number of carbonyl (C=O) groups excluding carboxylic acids is 3. The van der Waals surface area contributed by atoms with Crippen molar-refractivity contribution in [3.8, 4) is 12.1 Å². The molecule has 3 aromatic rings. The summed E-state index contributed by atoms with van der Waals surface area (Å²) in [6.07, 6.45) is -13.7. The third-order valence-electron chi connectivity index (χ3n) is 9.92. The van der Waals surface area contributed by atoms with Crippen molar-refractivity contribution in [3.63, 3.8) is 0 Å². The molecule has 3 aromatic carbocycles. The van der Waals surface area contributed by atoms with E-state index in [9.17, 15) is 53.9 Å². The molecule has 9 nitrogen and oxygen atoms in total. The Kier molecular flexibility index (Phi) is 35.1. The Hall–Kier alpha value is -4.24. The van der Waals surface area contributed by atoms with E-state index < -0.39 is 67.6 Å². The van der Waals surface area contributed by atoms with Gasteiger partial charge >= 0.3 is 18.2 Å². The Morgan fingerprint density at radius 1 is 0.658 bits per heavy atom. The number of nitrogens with one attached hydrogen (secondary N) is 1. The van der Waals surface area contributed by atoms with E-state index in [1.54, 1.807) is 61.2 Å². The van der Waals surface area contributed by atoms with Crippen LogP contribution in [0.15, 0.2) is 72.8 Å². The highest BCUT2D eigenvalue weighted by Gasteiger charge is 2.69. The lowest BCUT2D eigenvalue weighted by atomic mass is 8.56. The Labute approximate surface area is 441 Å². The van der Waals surface area contributed by atoms with E-state index in [0.29, 0.717) is 47.5 Å². The summed E-state index contributed by atoms with van der Waals surface area (Å²) >= 11 is 5.18. The quantitative estimate of drug-likeness (QED) is 0.110. The second-order valence-corrected chi connectivity index (χ2v) is 21.6. The van der Waals surface area contributed by atoms with Crippen molar-refractivity contribution in [3.05, 3.63) is 106 Å². The first kappa shape index (κ1) is 73.0. The molecule has 0 aliphatic rings. The zero-order valence-electron chi connectivity index (χ0n) is 42.4. The molecule has 0 heterocycles. The van der Waals surface area contributed by atoms with Gasteiger partial charge in [-0.05, 0) is 100 Å². The summed E-state index contributed by atoms with van der Waals surface area (Å²) in [5, 5.41) is 19.7. The highest BCUT2D eigenvalue weighted by Crippen LogP contribution is 2.48. The number of nitrogens with two attached hydrogens (primary N) is 1. The van der Waals surface area contributed by atoms with E-state index in [4.69, 9.17) is 74.3 Å². The van der Waals surface area contributed by atoms with Crippen LogP contribution in [0.3, 0.4) is 0 Å². The Morgan fingerprint density at radius 3 is 1.23 bits per heavy atom. The lowest BCUT2D eigenvalue weighted by Gasteiger charge is -2.34. The molecule has 13 radical (unpaired) electrons. The van der Waals surface area contributed by atoms with Crippen molar-refractivity contribution in [1.82, 2.24) is 15.1 Å². The summed E-state index contributed by atoms with van der Waals surface area (Å²) in [4.78, 5) is 37.6. The summed E-state index contributed by atoms with van der Waals surface area (Å²) in [6, 6.07) is 20.2. The van der Waals surface area contributed by atoms with Crippen molar-refractivity contribution < 1.29 is 53.9 Å². The van der Waals surface area contributed by atoms with Gasteiger partial charge < -0.3 is 20.9 Å². The number of nitrogens with zero attached hydrogens (tertiary/aromatic N) is 4. The normalized spacial score (nSPS) is 10.8. The largest absolute Gasteiger partial charge is 0.419 e. The van der Waals surface area contributed by atoms with E-state index in [1.807, 2.05) is 26.0 Å². The predicted octanol–water partition coefficient (Wildman–Crippen LogP) is 6.28. The van der Waals surface area contributed by atoms with Crippen molar-refractivity contribution in [1.29, 1.82) is 10.5 Å². The monoisotopic (exact) mass is 1050 g/mol. The number of amides is 2. The molecule has 0 bridgehead atoms. The van der Waals surface area contributed by atoms with Gasteiger partial charge in [0.25, 0.3) is 17.1 Å². The highest BCUT2D eigenvalue weighted by atomic mass is 35.5. The molecule has 0 unspecified atom stereocenters. The van der Waals surface area contributed by atoms with Crippen molar-refractivity contribution >= 4 is 116 Å². The molecule has 3 rings (SSSR count). The minimum atomic E-state index is -5.76. The van der Waals surface area contributed by atoms with Crippen LogP contribution in [-0.4, -0.2) is 171 Å². The number of rotatable bonds is 14. The van der Waals surface area contributed by atoms with Crippen LogP contribution < -0.4 is 11.1 Å². The number of carbonyl (C=O) groups is 3. The number of nitriles is 2. The van der Waals surface area contributed by atoms with E-state index in [1.165, 1.54) is 37.7 Å². The number of benzene rings is 3. The van der Waals surface area contributed by atoms with Gasteiger partial charge in [-0.3, -0.25) is 14.4 Å². The maximum Gasteiger partial charge on any atom is 0.419 e. The van der Waals surface area contributed by atoms with Gasteiger partial charge in [0.15, 0.2) is 8.07 Å². The molecule has 0 spiro atoms. The molecule has 31 heteroatoms. The first-order valence-electron chi connectivity index (χ1n) is 22.4. The molecule has 0 aliphatic carbocycles. The van der Waals surface area contributed by atoms with Gasteiger partial charge in [-0.25, -0.2) is 0 Å². The maximum absolute atomic E-state index is 13.0. The number of halogens is 10. The zero-order chi connectivity index (χ0) is 57.7. The van der Waals surface area contributed by atoms with E-state index in [-0.39, 0.29) is 30.9 Å². The van der Waals surface area contributed by atoms with Crippen molar-refractivity contribution in [2.24, 2.45) is 5.73 Å². The highest BCUT2D eigenvalue weighted by molar-refractivity contribution is 8.02. The van der Waals surface area contributed by atoms with Crippen LogP contribution in [-0.2, 0) is 5.54 Å². The second kappa shape index (κ2) is 35.1. The third kappa shape index (κ3) is 25.7. The first-order valence-corrected chi connectivity index (χ1v) is 26.3. The summed E-state index contributed by atoms with van der Waals surface area (Å²) in [6.45, 7) is 19.3. The predicted molar refractivity (Wildman–Crippen MR) is 288 cm³/mol. The van der Waals surface area contributed by atoms with Crippen LogP contribution in [0, 0.1) is 22.7 Å². The lowest BCUT2D eigenvalue weighted by molar-refractivity contribution is -0.301. The van der Waals surface area contributed by atoms with Gasteiger partial charge in [-0.2, -0.15) is 50.0 Å². The smallest absolute Gasteiger partial charge is 0.339 e.